The number of carbonyl (C=O) groups is 2. The quantitative estimate of drug-likeness (QED) is 0.576. The summed E-state index contributed by atoms with van der Waals surface area (Å²) < 4.78 is 16.5. The summed E-state index contributed by atoms with van der Waals surface area (Å²) >= 11 is 12.1. The maximum absolute atomic E-state index is 12.5. The van der Waals surface area contributed by atoms with Gasteiger partial charge >= 0.3 is 12.0 Å². The van der Waals surface area contributed by atoms with E-state index in [1.807, 2.05) is 0 Å². The van der Waals surface area contributed by atoms with Crippen molar-refractivity contribution in [3.63, 3.8) is 0 Å². The molecule has 0 saturated heterocycles. The molecule has 2 aromatic carbocycles. The number of ether oxygens (including phenoxy) is 3. The van der Waals surface area contributed by atoms with Gasteiger partial charge in [-0.05, 0) is 43.7 Å². The molecule has 0 saturated carbocycles. The van der Waals surface area contributed by atoms with Crippen molar-refractivity contribution >= 4 is 35.2 Å². The predicted octanol–water partition coefficient (Wildman–Crippen LogP) is 4.77. The molecule has 2 aromatic rings. The molecule has 2 amide bonds. The summed E-state index contributed by atoms with van der Waals surface area (Å²) in [6.07, 6.45) is 0. The van der Waals surface area contributed by atoms with Crippen LogP contribution in [0, 0.1) is 0 Å². The monoisotopic (exact) mass is 464 g/mol. The van der Waals surface area contributed by atoms with Crippen molar-refractivity contribution in [2.45, 2.75) is 26.5 Å². The van der Waals surface area contributed by atoms with E-state index in [-0.39, 0.29) is 13.2 Å². The van der Waals surface area contributed by atoms with Gasteiger partial charge in [0.25, 0.3) is 0 Å². The number of rotatable bonds is 7. The highest BCUT2D eigenvalue weighted by Gasteiger charge is 2.32. The molecule has 0 aliphatic carbocycles. The summed E-state index contributed by atoms with van der Waals surface area (Å²) in [5, 5.41) is 6.41. The predicted molar refractivity (Wildman–Crippen MR) is 118 cm³/mol. The molecule has 9 heteroatoms. The summed E-state index contributed by atoms with van der Waals surface area (Å²) in [7, 11) is 1.51. The minimum Gasteiger partial charge on any atom is -0.493 e. The molecule has 1 heterocycles. The van der Waals surface area contributed by atoms with Gasteiger partial charge in [0.1, 0.15) is 6.61 Å². The lowest BCUT2D eigenvalue weighted by Gasteiger charge is -2.28. The molecule has 1 atom stereocenters. The topological polar surface area (TPSA) is 85.9 Å². The minimum absolute atomic E-state index is 0.211. The first-order valence-corrected chi connectivity index (χ1v) is 10.3. The lowest BCUT2D eigenvalue weighted by atomic mass is 9.95. The molecule has 0 fully saturated rings. The number of allylic oxidation sites excluding steroid dienone is 1. The molecule has 1 aliphatic rings. The number of amides is 2. The number of hydrogen-bond donors (Lipinski definition) is 2. The molecule has 0 spiro atoms. The standard InChI is InChI=1S/C22H22Cl2N2O5/c1-4-30-21(27)19-12(2)25-22(28)26-20(19)13-6-8-17(18(9-13)29-3)31-11-14-5-7-15(23)10-16(14)24/h5-10,20H,4,11H2,1-3H3,(H2,25,26,28)/t20-/m1/s1. The van der Waals surface area contributed by atoms with Gasteiger partial charge in [0.05, 0.1) is 25.3 Å². The fourth-order valence-corrected chi connectivity index (χ4v) is 3.66. The summed E-state index contributed by atoms with van der Waals surface area (Å²) in [6, 6.07) is 9.24. The smallest absolute Gasteiger partial charge is 0.338 e. The Balaban J connectivity index is 1.88. The lowest BCUT2D eigenvalue weighted by Crippen LogP contribution is -2.45. The zero-order chi connectivity index (χ0) is 22.5. The van der Waals surface area contributed by atoms with Crippen LogP contribution in [0.5, 0.6) is 11.5 Å². The number of carbonyl (C=O) groups excluding carboxylic acids is 2. The Hall–Kier alpha value is -2.90. The fraction of sp³-hybridized carbons (Fsp3) is 0.273. The van der Waals surface area contributed by atoms with Crippen molar-refractivity contribution in [2.75, 3.05) is 13.7 Å². The van der Waals surface area contributed by atoms with E-state index < -0.39 is 18.0 Å². The van der Waals surface area contributed by atoms with Crippen molar-refractivity contribution < 1.29 is 23.8 Å². The lowest BCUT2D eigenvalue weighted by molar-refractivity contribution is -0.139. The van der Waals surface area contributed by atoms with Crippen LogP contribution in [-0.2, 0) is 16.1 Å². The van der Waals surface area contributed by atoms with Gasteiger partial charge in [0.2, 0.25) is 0 Å². The molecule has 3 rings (SSSR count). The van der Waals surface area contributed by atoms with Gasteiger partial charge in [0.15, 0.2) is 11.5 Å². The van der Waals surface area contributed by atoms with E-state index in [9.17, 15) is 9.59 Å². The van der Waals surface area contributed by atoms with Gasteiger partial charge in [-0.1, -0.05) is 35.3 Å². The maximum atomic E-state index is 12.5. The Morgan fingerprint density at radius 3 is 2.58 bits per heavy atom. The number of esters is 1. The van der Waals surface area contributed by atoms with Gasteiger partial charge in [-0.25, -0.2) is 9.59 Å². The van der Waals surface area contributed by atoms with E-state index >= 15 is 0 Å². The molecule has 0 aromatic heterocycles. The Morgan fingerprint density at radius 1 is 1.13 bits per heavy atom. The third-order valence-corrected chi connectivity index (χ3v) is 5.27. The Bertz CT molecular complexity index is 1040. The number of nitrogens with one attached hydrogen (secondary N) is 2. The fourth-order valence-electron chi connectivity index (χ4n) is 3.20. The summed E-state index contributed by atoms with van der Waals surface area (Å²) in [4.78, 5) is 24.5. The molecule has 7 nitrogen and oxygen atoms in total. The minimum atomic E-state index is -0.693. The first-order valence-electron chi connectivity index (χ1n) is 9.54. The number of hydrogen-bond acceptors (Lipinski definition) is 5. The molecule has 2 N–H and O–H groups in total. The van der Waals surface area contributed by atoms with Crippen molar-refractivity contribution in [2.24, 2.45) is 0 Å². The first-order chi connectivity index (χ1) is 14.8. The van der Waals surface area contributed by atoms with Crippen LogP contribution in [-0.4, -0.2) is 25.7 Å². The zero-order valence-electron chi connectivity index (χ0n) is 17.3. The van der Waals surface area contributed by atoms with E-state index in [4.69, 9.17) is 37.4 Å². The highest BCUT2D eigenvalue weighted by atomic mass is 35.5. The van der Waals surface area contributed by atoms with Gasteiger partial charge in [-0.2, -0.15) is 0 Å². The SMILES string of the molecule is CCOC(=O)C1=C(C)NC(=O)N[C@@H]1c1ccc(OCc2ccc(Cl)cc2Cl)c(OC)c1. The molecule has 31 heavy (non-hydrogen) atoms. The molecule has 164 valence electrons. The second-order valence-corrected chi connectivity index (χ2v) is 7.57. The second kappa shape index (κ2) is 9.94. The molecule has 0 radical (unpaired) electrons. The largest absolute Gasteiger partial charge is 0.493 e. The van der Waals surface area contributed by atoms with Crippen molar-refractivity contribution in [3.05, 3.63) is 68.8 Å². The van der Waals surface area contributed by atoms with Crippen LogP contribution in [0.3, 0.4) is 0 Å². The molecule has 1 aliphatic heterocycles. The van der Waals surface area contributed by atoms with E-state index in [2.05, 4.69) is 10.6 Å². The zero-order valence-corrected chi connectivity index (χ0v) is 18.8. The Labute approximate surface area is 190 Å². The summed E-state index contributed by atoms with van der Waals surface area (Å²) in [5.41, 5.74) is 2.17. The molecule has 0 unspecified atom stereocenters. The normalized spacial score (nSPS) is 15.8. The van der Waals surface area contributed by atoms with Crippen LogP contribution in [0.2, 0.25) is 10.0 Å². The number of benzene rings is 2. The van der Waals surface area contributed by atoms with Crippen LogP contribution < -0.4 is 20.1 Å². The summed E-state index contributed by atoms with van der Waals surface area (Å²) in [5.74, 6) is 0.418. The highest BCUT2D eigenvalue weighted by Crippen LogP contribution is 2.35. The van der Waals surface area contributed by atoms with E-state index in [0.717, 1.165) is 5.56 Å². The van der Waals surface area contributed by atoms with Crippen LogP contribution >= 0.6 is 23.2 Å². The van der Waals surface area contributed by atoms with E-state index in [1.165, 1.54) is 7.11 Å². The van der Waals surface area contributed by atoms with Gasteiger partial charge in [0, 0.05) is 21.3 Å². The second-order valence-electron chi connectivity index (χ2n) is 6.73. The van der Waals surface area contributed by atoms with Gasteiger partial charge < -0.3 is 24.8 Å². The number of methoxy groups -OCH3 is 1. The van der Waals surface area contributed by atoms with Gasteiger partial charge in [-0.15, -0.1) is 0 Å². The Kier molecular flexibility index (Phi) is 7.30. The maximum Gasteiger partial charge on any atom is 0.338 e. The van der Waals surface area contributed by atoms with E-state index in [0.29, 0.717) is 38.4 Å². The molecular weight excluding hydrogens is 443 g/mol. The van der Waals surface area contributed by atoms with Crippen LogP contribution in [0.15, 0.2) is 47.7 Å². The van der Waals surface area contributed by atoms with Crippen LogP contribution in [0.4, 0.5) is 4.79 Å². The van der Waals surface area contributed by atoms with Crippen LogP contribution in [0.25, 0.3) is 0 Å². The van der Waals surface area contributed by atoms with E-state index in [1.54, 1.807) is 50.2 Å². The third-order valence-electron chi connectivity index (χ3n) is 4.68. The van der Waals surface area contributed by atoms with Crippen molar-refractivity contribution in [3.8, 4) is 11.5 Å². The highest BCUT2D eigenvalue weighted by molar-refractivity contribution is 6.35. The van der Waals surface area contributed by atoms with Gasteiger partial charge in [-0.3, -0.25) is 0 Å². The number of urea groups is 1. The third kappa shape index (κ3) is 5.24. The first kappa shape index (κ1) is 22.8. The average molecular weight is 465 g/mol. The summed E-state index contributed by atoms with van der Waals surface area (Å²) in [6.45, 7) is 3.81. The van der Waals surface area contributed by atoms with Crippen LogP contribution in [0.1, 0.15) is 31.0 Å². The molecular formula is C22H22Cl2N2O5. The number of halogens is 2. The Morgan fingerprint density at radius 2 is 1.90 bits per heavy atom. The molecule has 0 bridgehead atoms. The van der Waals surface area contributed by atoms with Crippen molar-refractivity contribution in [1.82, 2.24) is 10.6 Å². The average Bonchev–Trinajstić information content (AvgIpc) is 2.72. The van der Waals surface area contributed by atoms with Crippen molar-refractivity contribution in [1.29, 1.82) is 0 Å².